The number of amides is 1. The molecule has 1 aliphatic heterocycles. The summed E-state index contributed by atoms with van der Waals surface area (Å²) in [6.45, 7) is 3.48. The quantitative estimate of drug-likeness (QED) is 0.925. The molecule has 0 aliphatic carbocycles. The normalized spacial score (nSPS) is 18.0. The highest BCUT2D eigenvalue weighted by molar-refractivity contribution is 5.93. The molecule has 0 saturated carbocycles. The molecule has 1 saturated heterocycles. The highest BCUT2D eigenvalue weighted by Crippen LogP contribution is 2.24. The summed E-state index contributed by atoms with van der Waals surface area (Å²) in [6, 6.07) is 11.4. The smallest absolute Gasteiger partial charge is 0.270 e. The van der Waals surface area contributed by atoms with E-state index >= 15 is 0 Å². The Labute approximate surface area is 129 Å². The second-order valence-electron chi connectivity index (χ2n) is 5.38. The minimum atomic E-state index is -0.193. The predicted octanol–water partition coefficient (Wildman–Crippen LogP) is 2.41. The van der Waals surface area contributed by atoms with Crippen LogP contribution in [0.15, 0.2) is 36.5 Å². The number of aromatic amines is 1. The summed E-state index contributed by atoms with van der Waals surface area (Å²) in [5, 5.41) is 9.00. The molecule has 1 aromatic carbocycles. The molecule has 0 spiro atoms. The number of morpholine rings is 1. The van der Waals surface area contributed by atoms with Gasteiger partial charge in [-0.1, -0.05) is 12.1 Å². The third-order valence-corrected chi connectivity index (χ3v) is 3.91. The van der Waals surface area contributed by atoms with Crippen molar-refractivity contribution in [1.29, 1.82) is 5.26 Å². The minimum absolute atomic E-state index is 0.00719. The summed E-state index contributed by atoms with van der Waals surface area (Å²) in [5.74, 6) is -0.00719. The predicted molar refractivity (Wildman–Crippen MR) is 81.3 cm³/mol. The average Bonchev–Trinajstić information content (AvgIpc) is 3.00. The first-order valence-corrected chi connectivity index (χ1v) is 7.24. The largest absolute Gasteiger partial charge is 0.370 e. The first-order valence-electron chi connectivity index (χ1n) is 7.24. The van der Waals surface area contributed by atoms with Gasteiger partial charge in [0.1, 0.15) is 11.8 Å². The van der Waals surface area contributed by atoms with Gasteiger partial charge in [-0.05, 0) is 36.2 Å². The van der Waals surface area contributed by atoms with Crippen LogP contribution in [0, 0.1) is 18.3 Å². The summed E-state index contributed by atoms with van der Waals surface area (Å²) < 4.78 is 5.78. The van der Waals surface area contributed by atoms with Crippen LogP contribution in [0.3, 0.4) is 0 Å². The lowest BCUT2D eigenvalue weighted by atomic mass is 10.0. The number of hydrogen-bond acceptors (Lipinski definition) is 3. The molecule has 3 rings (SSSR count). The molecular weight excluding hydrogens is 278 g/mol. The number of aryl methyl sites for hydroxylation is 1. The van der Waals surface area contributed by atoms with Gasteiger partial charge in [-0.15, -0.1) is 0 Å². The summed E-state index contributed by atoms with van der Waals surface area (Å²) in [5.41, 5.74) is 3.11. The standard InChI is InChI=1S/C17H17N3O2/c1-12-5-6-19-16(12)17(21)20-7-8-22-15(11-20)14-4-2-3-13(9-14)10-18/h2-6,9,15,19H,7-8,11H2,1H3. The SMILES string of the molecule is Cc1cc[nH]c1C(=O)N1CCOC(c2cccc(C#N)c2)C1. The molecule has 1 amide bonds. The van der Waals surface area contributed by atoms with Gasteiger partial charge in [0.05, 0.1) is 24.8 Å². The molecule has 22 heavy (non-hydrogen) atoms. The van der Waals surface area contributed by atoms with Crippen LogP contribution >= 0.6 is 0 Å². The van der Waals surface area contributed by atoms with E-state index in [4.69, 9.17) is 10.00 Å². The maximum atomic E-state index is 12.6. The second kappa shape index (κ2) is 6.04. The summed E-state index contributed by atoms with van der Waals surface area (Å²) in [6.07, 6.45) is 1.58. The molecule has 0 bridgehead atoms. The van der Waals surface area contributed by atoms with Crippen LogP contribution in [-0.2, 0) is 4.74 Å². The number of rotatable bonds is 2. The van der Waals surface area contributed by atoms with Gasteiger partial charge in [0, 0.05) is 12.7 Å². The molecule has 1 unspecified atom stereocenters. The Morgan fingerprint density at radius 2 is 2.32 bits per heavy atom. The van der Waals surface area contributed by atoms with Gasteiger partial charge in [-0.2, -0.15) is 5.26 Å². The fraction of sp³-hybridized carbons (Fsp3) is 0.294. The highest BCUT2D eigenvalue weighted by Gasteiger charge is 2.27. The number of nitrogens with one attached hydrogen (secondary N) is 1. The Morgan fingerprint density at radius 3 is 3.05 bits per heavy atom. The Kier molecular flexibility index (Phi) is 3.94. The van der Waals surface area contributed by atoms with E-state index in [9.17, 15) is 4.79 Å². The molecule has 0 radical (unpaired) electrons. The molecule has 1 fully saturated rings. The van der Waals surface area contributed by atoms with Crippen LogP contribution in [0.4, 0.5) is 0 Å². The van der Waals surface area contributed by atoms with E-state index in [0.29, 0.717) is 31.0 Å². The van der Waals surface area contributed by atoms with Crippen LogP contribution < -0.4 is 0 Å². The zero-order valence-electron chi connectivity index (χ0n) is 12.4. The Balaban J connectivity index is 1.78. The van der Waals surface area contributed by atoms with Crippen molar-refractivity contribution in [3.8, 4) is 6.07 Å². The van der Waals surface area contributed by atoms with E-state index in [-0.39, 0.29) is 12.0 Å². The van der Waals surface area contributed by atoms with Crippen molar-refractivity contribution in [3.05, 3.63) is 58.9 Å². The lowest BCUT2D eigenvalue weighted by molar-refractivity contribution is -0.0230. The molecule has 5 nitrogen and oxygen atoms in total. The molecule has 1 N–H and O–H groups in total. The Hall–Kier alpha value is -2.58. The van der Waals surface area contributed by atoms with Crippen molar-refractivity contribution in [1.82, 2.24) is 9.88 Å². The van der Waals surface area contributed by atoms with E-state index in [0.717, 1.165) is 11.1 Å². The van der Waals surface area contributed by atoms with Gasteiger partial charge in [-0.25, -0.2) is 0 Å². The third kappa shape index (κ3) is 2.74. The first kappa shape index (κ1) is 14.4. The molecule has 2 aromatic rings. The summed E-state index contributed by atoms with van der Waals surface area (Å²) in [7, 11) is 0. The van der Waals surface area contributed by atoms with E-state index in [2.05, 4.69) is 11.1 Å². The highest BCUT2D eigenvalue weighted by atomic mass is 16.5. The Bertz CT molecular complexity index is 730. The fourth-order valence-corrected chi connectivity index (χ4v) is 2.68. The second-order valence-corrected chi connectivity index (χ2v) is 5.38. The number of nitriles is 1. The van der Waals surface area contributed by atoms with E-state index < -0.39 is 0 Å². The number of ether oxygens (including phenoxy) is 1. The lowest BCUT2D eigenvalue weighted by Gasteiger charge is -2.33. The van der Waals surface area contributed by atoms with Crippen molar-refractivity contribution in [2.75, 3.05) is 19.7 Å². The van der Waals surface area contributed by atoms with Crippen LogP contribution in [0.25, 0.3) is 0 Å². The van der Waals surface area contributed by atoms with Gasteiger partial charge in [0.15, 0.2) is 0 Å². The number of H-pyrrole nitrogens is 1. The minimum Gasteiger partial charge on any atom is -0.370 e. The number of benzene rings is 1. The topological polar surface area (TPSA) is 69.1 Å². The van der Waals surface area contributed by atoms with Gasteiger partial charge < -0.3 is 14.6 Å². The molecule has 112 valence electrons. The van der Waals surface area contributed by atoms with Crippen LogP contribution in [0.1, 0.15) is 33.3 Å². The number of aromatic nitrogens is 1. The van der Waals surface area contributed by atoms with Gasteiger partial charge in [0.2, 0.25) is 0 Å². The van der Waals surface area contributed by atoms with Crippen LogP contribution in [-0.4, -0.2) is 35.5 Å². The molecular formula is C17H17N3O2. The molecule has 2 heterocycles. The number of nitrogens with zero attached hydrogens (tertiary/aromatic N) is 2. The average molecular weight is 295 g/mol. The van der Waals surface area contributed by atoms with Crippen molar-refractivity contribution >= 4 is 5.91 Å². The molecule has 1 aliphatic rings. The number of carbonyl (C=O) groups excluding carboxylic acids is 1. The van der Waals surface area contributed by atoms with Gasteiger partial charge >= 0.3 is 0 Å². The maximum Gasteiger partial charge on any atom is 0.270 e. The van der Waals surface area contributed by atoms with Gasteiger partial charge in [0.25, 0.3) is 5.91 Å². The molecule has 1 atom stereocenters. The van der Waals surface area contributed by atoms with Crippen LogP contribution in [0.5, 0.6) is 0 Å². The maximum absolute atomic E-state index is 12.6. The van der Waals surface area contributed by atoms with E-state index in [1.165, 1.54) is 0 Å². The third-order valence-electron chi connectivity index (χ3n) is 3.91. The lowest BCUT2D eigenvalue weighted by Crippen LogP contribution is -2.42. The van der Waals surface area contributed by atoms with E-state index in [1.807, 2.05) is 31.2 Å². The van der Waals surface area contributed by atoms with Crippen LogP contribution in [0.2, 0.25) is 0 Å². The number of carbonyl (C=O) groups is 1. The Morgan fingerprint density at radius 1 is 1.45 bits per heavy atom. The zero-order chi connectivity index (χ0) is 15.5. The summed E-state index contributed by atoms with van der Waals surface area (Å²) >= 11 is 0. The van der Waals surface area contributed by atoms with Crippen molar-refractivity contribution < 1.29 is 9.53 Å². The number of hydrogen-bond donors (Lipinski definition) is 1. The molecule has 1 aromatic heterocycles. The van der Waals surface area contributed by atoms with Crippen molar-refractivity contribution in [2.24, 2.45) is 0 Å². The fourth-order valence-electron chi connectivity index (χ4n) is 2.68. The summed E-state index contributed by atoms with van der Waals surface area (Å²) in [4.78, 5) is 17.4. The first-order chi connectivity index (χ1) is 10.7. The van der Waals surface area contributed by atoms with E-state index in [1.54, 1.807) is 17.2 Å². The van der Waals surface area contributed by atoms with Crippen molar-refractivity contribution in [2.45, 2.75) is 13.0 Å². The monoisotopic (exact) mass is 295 g/mol. The zero-order valence-corrected chi connectivity index (χ0v) is 12.4. The van der Waals surface area contributed by atoms with Gasteiger partial charge in [-0.3, -0.25) is 4.79 Å². The van der Waals surface area contributed by atoms with Crippen molar-refractivity contribution in [3.63, 3.8) is 0 Å². The molecule has 5 heteroatoms.